The second kappa shape index (κ2) is 7.95. The molecule has 0 aromatic heterocycles. The van der Waals surface area contributed by atoms with Crippen LogP contribution in [0.15, 0.2) is 54.6 Å². The Morgan fingerprint density at radius 2 is 1.83 bits per heavy atom. The number of rotatable bonds is 4. The van der Waals surface area contributed by atoms with Gasteiger partial charge in [0.25, 0.3) is 5.91 Å². The molecule has 0 fully saturated rings. The van der Waals surface area contributed by atoms with E-state index >= 15 is 0 Å². The Balaban J connectivity index is 0.00000208. The second-order valence-corrected chi connectivity index (χ2v) is 5.52. The van der Waals surface area contributed by atoms with Crippen molar-refractivity contribution in [3.8, 4) is 0 Å². The molecule has 1 heterocycles. The number of carbonyl (C=O) groups is 2. The number of ether oxygens (including phenoxy) is 1. The number of fused-ring (bicyclic) bond motifs is 1. The zero-order valence-electron chi connectivity index (χ0n) is 13.0. The fourth-order valence-electron chi connectivity index (χ4n) is 2.62. The smallest absolute Gasteiger partial charge is 0.339 e. The summed E-state index contributed by atoms with van der Waals surface area (Å²) in [6, 6.07) is 16.4. The minimum atomic E-state index is -0.805. The third kappa shape index (κ3) is 3.93. The fraction of sp³-hybridized carbons (Fsp3) is 0.222. The Hall–Kier alpha value is -2.37. The highest BCUT2D eigenvalue weighted by atomic mass is 35.5. The van der Waals surface area contributed by atoms with E-state index in [-0.39, 0.29) is 24.4 Å². The van der Waals surface area contributed by atoms with Gasteiger partial charge in [-0.25, -0.2) is 4.79 Å². The monoisotopic (exact) mass is 346 g/mol. The lowest BCUT2D eigenvalue weighted by atomic mass is 9.98. The van der Waals surface area contributed by atoms with Gasteiger partial charge in [0.1, 0.15) is 0 Å². The van der Waals surface area contributed by atoms with Crippen molar-refractivity contribution in [2.45, 2.75) is 18.6 Å². The second-order valence-electron chi connectivity index (χ2n) is 5.52. The van der Waals surface area contributed by atoms with E-state index in [1.807, 2.05) is 42.5 Å². The van der Waals surface area contributed by atoms with Crippen LogP contribution in [0.2, 0.25) is 0 Å². The van der Waals surface area contributed by atoms with Gasteiger partial charge < -0.3 is 15.8 Å². The van der Waals surface area contributed by atoms with Crippen LogP contribution in [0.3, 0.4) is 0 Å². The van der Waals surface area contributed by atoms with Gasteiger partial charge >= 0.3 is 5.97 Å². The van der Waals surface area contributed by atoms with E-state index in [4.69, 9.17) is 10.5 Å². The van der Waals surface area contributed by atoms with E-state index < -0.39 is 12.1 Å². The number of halogens is 1. The fourth-order valence-corrected chi connectivity index (χ4v) is 2.62. The zero-order chi connectivity index (χ0) is 16.2. The van der Waals surface area contributed by atoms with Gasteiger partial charge in [-0.15, -0.1) is 12.4 Å². The number of nitrogens with one attached hydrogen (secondary N) is 1. The lowest BCUT2D eigenvalue weighted by Gasteiger charge is -2.24. The maximum absolute atomic E-state index is 12.2. The molecule has 2 unspecified atom stereocenters. The highest BCUT2D eigenvalue weighted by molar-refractivity contribution is 5.95. The van der Waals surface area contributed by atoms with Crippen LogP contribution in [0, 0.1) is 0 Å². The molecule has 2 aromatic rings. The summed E-state index contributed by atoms with van der Waals surface area (Å²) in [6.07, 6.45) is -0.422. The molecule has 24 heavy (non-hydrogen) atoms. The SMILES string of the molecule is Cl.NC(CNC(=O)C1Cc2ccccc2C(=O)O1)c1ccccc1. The summed E-state index contributed by atoms with van der Waals surface area (Å²) in [4.78, 5) is 24.2. The van der Waals surface area contributed by atoms with Crippen molar-refractivity contribution < 1.29 is 14.3 Å². The van der Waals surface area contributed by atoms with E-state index in [0.717, 1.165) is 11.1 Å². The van der Waals surface area contributed by atoms with Crippen molar-refractivity contribution >= 4 is 24.3 Å². The van der Waals surface area contributed by atoms with Crippen molar-refractivity contribution in [3.05, 3.63) is 71.3 Å². The van der Waals surface area contributed by atoms with Crippen LogP contribution < -0.4 is 11.1 Å². The standard InChI is InChI=1S/C18H18N2O3.ClH/c19-15(12-6-2-1-3-7-12)11-20-17(21)16-10-13-8-4-5-9-14(13)18(22)23-16;/h1-9,15-16H,10-11,19H2,(H,20,21);1H. The molecule has 0 saturated heterocycles. The molecule has 6 heteroatoms. The molecule has 0 bridgehead atoms. The Labute approximate surface area is 146 Å². The van der Waals surface area contributed by atoms with E-state index in [1.54, 1.807) is 12.1 Å². The van der Waals surface area contributed by atoms with Crippen molar-refractivity contribution in [2.75, 3.05) is 6.54 Å². The molecular weight excluding hydrogens is 328 g/mol. The number of nitrogens with two attached hydrogens (primary N) is 1. The molecule has 1 amide bonds. The van der Waals surface area contributed by atoms with Crippen LogP contribution in [0.4, 0.5) is 0 Å². The van der Waals surface area contributed by atoms with E-state index in [2.05, 4.69) is 5.32 Å². The summed E-state index contributed by atoms with van der Waals surface area (Å²) in [5.41, 5.74) is 8.35. The molecule has 5 nitrogen and oxygen atoms in total. The zero-order valence-corrected chi connectivity index (χ0v) is 13.8. The predicted molar refractivity (Wildman–Crippen MR) is 93.0 cm³/mol. The van der Waals surface area contributed by atoms with Crippen LogP contribution in [0.25, 0.3) is 0 Å². The Kier molecular flexibility index (Phi) is 5.95. The maximum atomic E-state index is 12.2. The molecule has 0 saturated carbocycles. The summed E-state index contributed by atoms with van der Waals surface area (Å²) in [5.74, 6) is -0.779. The summed E-state index contributed by atoms with van der Waals surface area (Å²) < 4.78 is 5.22. The first-order valence-corrected chi connectivity index (χ1v) is 7.52. The average Bonchev–Trinajstić information content (AvgIpc) is 2.60. The maximum Gasteiger partial charge on any atom is 0.339 e. The summed E-state index contributed by atoms with van der Waals surface area (Å²) in [7, 11) is 0. The molecular formula is C18H19ClN2O3. The van der Waals surface area contributed by atoms with Gasteiger partial charge in [0.2, 0.25) is 0 Å². The molecule has 3 rings (SSSR count). The number of esters is 1. The van der Waals surface area contributed by atoms with Gasteiger partial charge in [0.15, 0.2) is 6.10 Å². The number of carbonyl (C=O) groups excluding carboxylic acids is 2. The van der Waals surface area contributed by atoms with Crippen molar-refractivity contribution in [1.82, 2.24) is 5.32 Å². The summed E-state index contributed by atoms with van der Waals surface area (Å²) in [6.45, 7) is 0.290. The van der Waals surface area contributed by atoms with Crippen LogP contribution in [-0.4, -0.2) is 24.5 Å². The van der Waals surface area contributed by atoms with Gasteiger partial charge in [0.05, 0.1) is 5.56 Å². The third-order valence-corrected chi connectivity index (χ3v) is 3.91. The van der Waals surface area contributed by atoms with Gasteiger partial charge in [-0.3, -0.25) is 4.79 Å². The molecule has 0 spiro atoms. The Morgan fingerprint density at radius 3 is 2.58 bits per heavy atom. The number of benzene rings is 2. The van der Waals surface area contributed by atoms with Crippen molar-refractivity contribution in [1.29, 1.82) is 0 Å². The van der Waals surface area contributed by atoms with E-state index in [0.29, 0.717) is 18.5 Å². The predicted octanol–water partition coefficient (Wildman–Crippen LogP) is 2.01. The molecule has 0 radical (unpaired) electrons. The van der Waals surface area contributed by atoms with Crippen molar-refractivity contribution in [3.63, 3.8) is 0 Å². The normalized spacial score (nSPS) is 17.0. The van der Waals surface area contributed by atoms with Gasteiger partial charge in [-0.1, -0.05) is 48.5 Å². The quantitative estimate of drug-likeness (QED) is 0.830. The molecule has 3 N–H and O–H groups in total. The average molecular weight is 347 g/mol. The molecule has 2 atom stereocenters. The first-order chi connectivity index (χ1) is 11.1. The van der Waals surface area contributed by atoms with Crippen LogP contribution >= 0.6 is 12.4 Å². The minimum Gasteiger partial charge on any atom is -0.448 e. The van der Waals surface area contributed by atoms with Gasteiger partial charge in [0, 0.05) is 19.0 Å². The number of hydrogen-bond acceptors (Lipinski definition) is 4. The third-order valence-electron chi connectivity index (χ3n) is 3.91. The van der Waals surface area contributed by atoms with Crippen LogP contribution in [0.1, 0.15) is 27.5 Å². The highest BCUT2D eigenvalue weighted by Crippen LogP contribution is 2.20. The minimum absolute atomic E-state index is 0. The Bertz CT molecular complexity index is 721. The van der Waals surface area contributed by atoms with E-state index in [9.17, 15) is 9.59 Å². The largest absolute Gasteiger partial charge is 0.448 e. The highest BCUT2D eigenvalue weighted by Gasteiger charge is 2.31. The van der Waals surface area contributed by atoms with Crippen LogP contribution in [0.5, 0.6) is 0 Å². The topological polar surface area (TPSA) is 81.4 Å². The molecule has 1 aliphatic heterocycles. The number of amides is 1. The van der Waals surface area contributed by atoms with Crippen molar-refractivity contribution in [2.24, 2.45) is 5.73 Å². The number of cyclic esters (lactones) is 1. The lowest BCUT2D eigenvalue weighted by molar-refractivity contribution is -0.130. The van der Waals surface area contributed by atoms with Gasteiger partial charge in [-0.05, 0) is 17.2 Å². The lowest BCUT2D eigenvalue weighted by Crippen LogP contribution is -2.43. The first-order valence-electron chi connectivity index (χ1n) is 7.52. The Morgan fingerprint density at radius 1 is 1.17 bits per heavy atom. The first kappa shape index (κ1) is 18.0. The number of hydrogen-bond donors (Lipinski definition) is 2. The molecule has 1 aliphatic rings. The summed E-state index contributed by atoms with van der Waals surface area (Å²) in [5, 5.41) is 2.76. The van der Waals surface area contributed by atoms with E-state index in [1.165, 1.54) is 0 Å². The van der Waals surface area contributed by atoms with Gasteiger partial charge in [-0.2, -0.15) is 0 Å². The molecule has 126 valence electrons. The molecule has 0 aliphatic carbocycles. The van der Waals surface area contributed by atoms with Crippen LogP contribution in [-0.2, 0) is 16.0 Å². The summed E-state index contributed by atoms with van der Waals surface area (Å²) >= 11 is 0. The molecule has 2 aromatic carbocycles.